The average Bonchev–Trinajstić information content (AvgIpc) is 2.78. The van der Waals surface area contributed by atoms with Crippen molar-refractivity contribution in [2.45, 2.75) is 19.0 Å². The molecule has 0 aliphatic carbocycles. The van der Waals surface area contributed by atoms with Crippen molar-refractivity contribution in [2.75, 3.05) is 13.1 Å². The van der Waals surface area contributed by atoms with Crippen molar-refractivity contribution in [3.05, 3.63) is 65.9 Å². The van der Waals surface area contributed by atoms with Crippen LogP contribution in [0.2, 0.25) is 0 Å². The fourth-order valence-corrected chi connectivity index (χ4v) is 3.61. The number of fused-ring (bicyclic) bond motifs is 1. The molecule has 1 unspecified atom stereocenters. The van der Waals surface area contributed by atoms with Crippen LogP contribution in [0.1, 0.15) is 28.9 Å². The van der Waals surface area contributed by atoms with Crippen LogP contribution in [0.4, 0.5) is 13.2 Å². The molecule has 1 saturated heterocycles. The van der Waals surface area contributed by atoms with Gasteiger partial charge in [-0.25, -0.2) is 4.98 Å². The summed E-state index contributed by atoms with van der Waals surface area (Å²) in [4.78, 5) is 18.3. The van der Waals surface area contributed by atoms with Crippen molar-refractivity contribution in [1.82, 2.24) is 9.88 Å². The highest BCUT2D eigenvalue weighted by molar-refractivity contribution is 5.95. The maximum absolute atomic E-state index is 13.0. The number of carbonyl (C=O) groups is 1. The number of carbonyl (C=O) groups excluding carboxylic acids is 1. The van der Waals surface area contributed by atoms with E-state index in [1.165, 1.54) is 11.0 Å². The van der Waals surface area contributed by atoms with Crippen LogP contribution in [0.25, 0.3) is 10.9 Å². The number of alkyl halides is 3. The maximum atomic E-state index is 13.0. The van der Waals surface area contributed by atoms with Gasteiger partial charge in [0.25, 0.3) is 5.91 Å². The summed E-state index contributed by atoms with van der Waals surface area (Å²) in [6.07, 6.45) is -3.94. The molecule has 2 heterocycles. The minimum atomic E-state index is -4.30. The Hall–Kier alpha value is -3.60. The van der Waals surface area contributed by atoms with E-state index in [0.29, 0.717) is 35.5 Å². The molecular formula is C23H18F3N3O2. The highest BCUT2D eigenvalue weighted by Crippen LogP contribution is 2.33. The monoisotopic (exact) mass is 425 g/mol. The van der Waals surface area contributed by atoms with Crippen molar-refractivity contribution in [1.29, 1.82) is 5.26 Å². The molecule has 1 atom stereocenters. The first kappa shape index (κ1) is 20.7. The number of nitrogens with zero attached hydrogens (tertiary/aromatic N) is 3. The van der Waals surface area contributed by atoms with E-state index in [-0.39, 0.29) is 18.7 Å². The van der Waals surface area contributed by atoms with Gasteiger partial charge in [-0.2, -0.15) is 18.4 Å². The fraction of sp³-hybridized carbons (Fsp3) is 0.261. The number of rotatable bonds is 3. The Bertz CT molecular complexity index is 1150. The molecule has 1 amide bonds. The predicted molar refractivity (Wildman–Crippen MR) is 108 cm³/mol. The second-order valence-corrected chi connectivity index (χ2v) is 7.42. The quantitative estimate of drug-likeness (QED) is 0.570. The molecule has 31 heavy (non-hydrogen) atoms. The topological polar surface area (TPSA) is 66.2 Å². The van der Waals surface area contributed by atoms with E-state index in [9.17, 15) is 18.0 Å². The summed E-state index contributed by atoms with van der Waals surface area (Å²) in [6, 6.07) is 17.1. The van der Waals surface area contributed by atoms with E-state index >= 15 is 0 Å². The second kappa shape index (κ2) is 8.26. The molecule has 0 radical (unpaired) electrons. The Kier molecular flexibility index (Phi) is 5.51. The molecule has 0 spiro atoms. The van der Waals surface area contributed by atoms with Crippen molar-refractivity contribution >= 4 is 16.8 Å². The molecule has 5 nitrogen and oxygen atoms in total. The lowest BCUT2D eigenvalue weighted by Gasteiger charge is -2.33. The second-order valence-electron chi connectivity index (χ2n) is 7.42. The van der Waals surface area contributed by atoms with E-state index in [2.05, 4.69) is 4.98 Å². The van der Waals surface area contributed by atoms with E-state index in [0.717, 1.165) is 5.39 Å². The molecular weight excluding hydrogens is 407 g/mol. The largest absolute Gasteiger partial charge is 0.457 e. The van der Waals surface area contributed by atoms with E-state index in [1.807, 2.05) is 6.07 Å². The molecule has 158 valence electrons. The molecule has 1 fully saturated rings. The smallest absolute Gasteiger partial charge is 0.393 e. The lowest BCUT2D eigenvalue weighted by Crippen LogP contribution is -2.44. The Labute approximate surface area is 176 Å². The summed E-state index contributed by atoms with van der Waals surface area (Å²) >= 11 is 0. The van der Waals surface area contributed by atoms with Crippen molar-refractivity contribution in [3.63, 3.8) is 0 Å². The number of likely N-dealkylation sites (tertiary alicyclic amines) is 1. The summed E-state index contributed by atoms with van der Waals surface area (Å²) in [6.45, 7) is -0.0398. The average molecular weight is 425 g/mol. The van der Waals surface area contributed by atoms with Crippen molar-refractivity contribution in [2.24, 2.45) is 5.92 Å². The molecule has 4 rings (SSSR count). The van der Waals surface area contributed by atoms with Gasteiger partial charge < -0.3 is 9.64 Å². The number of amides is 1. The lowest BCUT2D eigenvalue weighted by atomic mass is 9.97. The first-order chi connectivity index (χ1) is 14.8. The van der Waals surface area contributed by atoms with Crippen molar-refractivity contribution in [3.8, 4) is 17.6 Å². The molecule has 1 aliphatic heterocycles. The van der Waals surface area contributed by atoms with Gasteiger partial charge in [0.1, 0.15) is 17.2 Å². The molecule has 2 aromatic carbocycles. The van der Waals surface area contributed by atoms with Gasteiger partial charge in [-0.15, -0.1) is 0 Å². The Morgan fingerprint density at radius 3 is 2.55 bits per heavy atom. The van der Waals surface area contributed by atoms with Gasteiger partial charge >= 0.3 is 6.18 Å². The number of nitriles is 1. The van der Waals surface area contributed by atoms with Gasteiger partial charge in [-0.1, -0.05) is 6.07 Å². The molecule has 3 aromatic rings. The number of hydrogen-bond acceptors (Lipinski definition) is 4. The molecule has 0 saturated carbocycles. The number of aromatic nitrogens is 1. The van der Waals surface area contributed by atoms with E-state index in [4.69, 9.17) is 10.00 Å². The highest BCUT2D eigenvalue weighted by Gasteiger charge is 2.42. The molecule has 1 aromatic heterocycles. The zero-order valence-electron chi connectivity index (χ0n) is 16.4. The van der Waals surface area contributed by atoms with Crippen LogP contribution in [0.3, 0.4) is 0 Å². The maximum Gasteiger partial charge on any atom is 0.393 e. The summed E-state index contributed by atoms with van der Waals surface area (Å²) in [7, 11) is 0. The normalized spacial score (nSPS) is 16.7. The predicted octanol–water partition coefficient (Wildman–Crippen LogP) is 5.31. The van der Waals surface area contributed by atoms with Crippen LogP contribution in [0.5, 0.6) is 11.5 Å². The Morgan fingerprint density at radius 2 is 1.84 bits per heavy atom. The van der Waals surface area contributed by atoms with Crippen molar-refractivity contribution < 1.29 is 22.7 Å². The molecule has 0 bridgehead atoms. The third-order valence-electron chi connectivity index (χ3n) is 5.27. The van der Waals surface area contributed by atoms with Crippen LogP contribution >= 0.6 is 0 Å². The first-order valence-corrected chi connectivity index (χ1v) is 9.78. The molecule has 8 heteroatoms. The van der Waals surface area contributed by atoms with Crippen LogP contribution in [0, 0.1) is 17.2 Å². The number of ether oxygens (including phenoxy) is 1. The Balaban J connectivity index is 1.51. The van der Waals surface area contributed by atoms with Gasteiger partial charge in [-0.3, -0.25) is 4.79 Å². The summed E-state index contributed by atoms with van der Waals surface area (Å²) < 4.78 is 44.9. The van der Waals surface area contributed by atoms with E-state index in [1.54, 1.807) is 48.5 Å². The van der Waals surface area contributed by atoms with Crippen LogP contribution in [-0.2, 0) is 0 Å². The number of halogens is 3. The third-order valence-corrected chi connectivity index (χ3v) is 5.27. The van der Waals surface area contributed by atoms with Gasteiger partial charge in [0.2, 0.25) is 0 Å². The number of benzene rings is 2. The minimum Gasteiger partial charge on any atom is -0.457 e. The van der Waals surface area contributed by atoms with E-state index < -0.39 is 18.0 Å². The standard InChI is InChI=1S/C23H18F3N3O2/c24-23(25,26)17-2-1-11-29(14-17)22(30)21-9-5-16-12-19(8-10-20(16)28-21)31-18-6-3-15(13-27)4-7-18/h3-10,12,17H,1-2,11,14H2. The highest BCUT2D eigenvalue weighted by atomic mass is 19.4. The van der Waals surface area contributed by atoms with Gasteiger partial charge in [0.15, 0.2) is 0 Å². The zero-order valence-corrected chi connectivity index (χ0v) is 16.4. The third kappa shape index (κ3) is 4.61. The minimum absolute atomic E-state index is 0.0421. The number of hydrogen-bond donors (Lipinski definition) is 0. The van der Waals surface area contributed by atoms with Crippen LogP contribution in [0.15, 0.2) is 54.6 Å². The number of pyridine rings is 1. The molecule has 1 aliphatic rings. The summed E-state index contributed by atoms with van der Waals surface area (Å²) in [5.74, 6) is -0.856. The fourth-order valence-electron chi connectivity index (χ4n) is 3.61. The van der Waals surface area contributed by atoms with Crippen LogP contribution in [-0.4, -0.2) is 35.1 Å². The summed E-state index contributed by atoms with van der Waals surface area (Å²) in [5, 5.41) is 9.59. The SMILES string of the molecule is N#Cc1ccc(Oc2ccc3nc(C(=O)N4CCCC(C(F)(F)F)C4)ccc3c2)cc1. The van der Waals surface area contributed by atoms with Crippen LogP contribution < -0.4 is 4.74 Å². The summed E-state index contributed by atoms with van der Waals surface area (Å²) in [5.41, 5.74) is 1.20. The Morgan fingerprint density at radius 1 is 1.10 bits per heavy atom. The number of piperidine rings is 1. The van der Waals surface area contributed by atoms with Gasteiger partial charge in [-0.05, 0) is 61.4 Å². The van der Waals surface area contributed by atoms with Gasteiger partial charge in [0.05, 0.1) is 23.1 Å². The molecule has 0 N–H and O–H groups in total. The lowest BCUT2D eigenvalue weighted by molar-refractivity contribution is -0.184. The first-order valence-electron chi connectivity index (χ1n) is 9.78. The van der Waals surface area contributed by atoms with Gasteiger partial charge in [0, 0.05) is 18.5 Å². The zero-order chi connectivity index (χ0) is 22.0.